The van der Waals surface area contributed by atoms with Crippen LogP contribution in [0.1, 0.15) is 13.8 Å². The second kappa shape index (κ2) is 2.09. The summed E-state index contributed by atoms with van der Waals surface area (Å²) in [4.78, 5) is 12.3. The van der Waals surface area contributed by atoms with E-state index in [4.69, 9.17) is 0 Å². The number of amides is 2. The van der Waals surface area contributed by atoms with Gasteiger partial charge in [-0.2, -0.15) is 5.32 Å². The predicted octanol–water partition coefficient (Wildman–Crippen LogP) is 0.908. The summed E-state index contributed by atoms with van der Waals surface area (Å²) in [5.74, 6) is 0. The molecule has 1 rings (SSSR count). The van der Waals surface area contributed by atoms with Crippen molar-refractivity contribution in [2.75, 3.05) is 6.54 Å². The lowest BCUT2D eigenvalue weighted by atomic mass is 10.5. The molecule has 2 amide bonds. The number of rotatable bonds is 1. The van der Waals surface area contributed by atoms with Crippen molar-refractivity contribution in [3.63, 3.8) is 0 Å². The SMILES string of the molecule is CCN1C(=O)[N]C=C1C. The molecule has 0 N–H and O–H groups in total. The Labute approximate surface area is 54.3 Å². The summed E-state index contributed by atoms with van der Waals surface area (Å²) < 4.78 is 0. The molecule has 0 bridgehead atoms. The zero-order chi connectivity index (χ0) is 6.85. The van der Waals surface area contributed by atoms with Gasteiger partial charge in [0.2, 0.25) is 0 Å². The molecule has 0 saturated carbocycles. The first-order chi connectivity index (χ1) is 4.25. The van der Waals surface area contributed by atoms with Gasteiger partial charge in [-0.1, -0.05) is 0 Å². The second-order valence-corrected chi connectivity index (χ2v) is 1.93. The summed E-state index contributed by atoms with van der Waals surface area (Å²) in [6, 6.07) is -0.144. The van der Waals surface area contributed by atoms with Crippen LogP contribution in [0.15, 0.2) is 11.9 Å². The fourth-order valence-electron chi connectivity index (χ4n) is 0.824. The van der Waals surface area contributed by atoms with E-state index in [1.54, 1.807) is 11.1 Å². The van der Waals surface area contributed by atoms with Crippen LogP contribution in [0.2, 0.25) is 0 Å². The maximum absolute atomic E-state index is 10.7. The molecule has 0 fully saturated rings. The number of allylic oxidation sites excluding steroid dienone is 1. The summed E-state index contributed by atoms with van der Waals surface area (Å²) in [5, 5.41) is 3.59. The van der Waals surface area contributed by atoms with Gasteiger partial charge in [0.05, 0.1) is 6.20 Å². The van der Waals surface area contributed by atoms with Crippen LogP contribution in [0.5, 0.6) is 0 Å². The summed E-state index contributed by atoms with van der Waals surface area (Å²) in [6.45, 7) is 4.51. The molecule has 1 aliphatic rings. The van der Waals surface area contributed by atoms with E-state index in [9.17, 15) is 4.79 Å². The fraction of sp³-hybridized carbons (Fsp3) is 0.500. The number of hydrogen-bond donors (Lipinski definition) is 0. The van der Waals surface area contributed by atoms with E-state index in [2.05, 4.69) is 5.32 Å². The number of carbonyl (C=O) groups is 1. The third kappa shape index (κ3) is 0.896. The Bertz CT molecular complexity index is 162. The van der Waals surface area contributed by atoms with E-state index in [1.807, 2.05) is 13.8 Å². The fourth-order valence-corrected chi connectivity index (χ4v) is 0.824. The summed E-state index contributed by atoms with van der Waals surface area (Å²) in [6.07, 6.45) is 1.59. The number of urea groups is 1. The Morgan fingerprint density at radius 2 is 2.44 bits per heavy atom. The Morgan fingerprint density at radius 3 is 2.67 bits per heavy atom. The lowest BCUT2D eigenvalue weighted by Gasteiger charge is -2.11. The minimum Gasteiger partial charge on any atom is -0.295 e. The highest BCUT2D eigenvalue weighted by atomic mass is 16.2. The molecular weight excluding hydrogens is 116 g/mol. The van der Waals surface area contributed by atoms with Gasteiger partial charge in [0.15, 0.2) is 0 Å². The summed E-state index contributed by atoms with van der Waals surface area (Å²) in [7, 11) is 0. The summed E-state index contributed by atoms with van der Waals surface area (Å²) >= 11 is 0. The Morgan fingerprint density at radius 1 is 1.78 bits per heavy atom. The number of carbonyl (C=O) groups excluding carboxylic acids is 1. The summed E-state index contributed by atoms with van der Waals surface area (Å²) in [5.41, 5.74) is 0.933. The molecule has 0 spiro atoms. The standard InChI is InChI=1S/C6H9N2O/c1-3-8-5(2)4-7-6(8)9/h4H,3H2,1-2H3. The largest absolute Gasteiger partial charge is 0.347 e. The molecule has 49 valence electrons. The molecule has 0 aromatic rings. The second-order valence-electron chi connectivity index (χ2n) is 1.93. The molecule has 3 nitrogen and oxygen atoms in total. The quantitative estimate of drug-likeness (QED) is 0.512. The van der Waals surface area contributed by atoms with Crippen LogP contribution in [-0.2, 0) is 0 Å². The van der Waals surface area contributed by atoms with Crippen molar-refractivity contribution in [3.05, 3.63) is 11.9 Å². The minimum atomic E-state index is -0.144. The Balaban J connectivity index is 2.67. The molecule has 0 aliphatic carbocycles. The molecular formula is C6H9N2O. The minimum absolute atomic E-state index is 0.144. The van der Waals surface area contributed by atoms with Crippen molar-refractivity contribution in [1.82, 2.24) is 10.2 Å². The van der Waals surface area contributed by atoms with Gasteiger partial charge in [0, 0.05) is 12.2 Å². The van der Waals surface area contributed by atoms with Gasteiger partial charge >= 0.3 is 6.03 Å². The molecule has 0 aromatic heterocycles. The molecule has 1 radical (unpaired) electrons. The van der Waals surface area contributed by atoms with Gasteiger partial charge < -0.3 is 0 Å². The number of nitrogens with zero attached hydrogens (tertiary/aromatic N) is 2. The van der Waals surface area contributed by atoms with Gasteiger partial charge in [-0.3, -0.25) is 4.90 Å². The zero-order valence-corrected chi connectivity index (χ0v) is 5.59. The van der Waals surface area contributed by atoms with Gasteiger partial charge in [-0.05, 0) is 13.8 Å². The smallest absolute Gasteiger partial charge is 0.295 e. The lowest BCUT2D eigenvalue weighted by Crippen LogP contribution is -2.25. The van der Waals surface area contributed by atoms with Crippen molar-refractivity contribution in [3.8, 4) is 0 Å². The van der Waals surface area contributed by atoms with Gasteiger partial charge in [-0.15, -0.1) is 0 Å². The highest BCUT2D eigenvalue weighted by Gasteiger charge is 2.18. The van der Waals surface area contributed by atoms with Crippen LogP contribution in [0, 0.1) is 0 Å². The van der Waals surface area contributed by atoms with Crippen molar-refractivity contribution in [2.24, 2.45) is 0 Å². The third-order valence-electron chi connectivity index (χ3n) is 1.33. The van der Waals surface area contributed by atoms with Crippen LogP contribution in [-0.4, -0.2) is 17.5 Å². The molecule has 9 heavy (non-hydrogen) atoms. The van der Waals surface area contributed by atoms with Crippen LogP contribution in [0.3, 0.4) is 0 Å². The zero-order valence-electron chi connectivity index (χ0n) is 5.59. The van der Waals surface area contributed by atoms with Gasteiger partial charge in [-0.25, -0.2) is 4.79 Å². The van der Waals surface area contributed by atoms with E-state index in [1.165, 1.54) is 0 Å². The van der Waals surface area contributed by atoms with Crippen LogP contribution < -0.4 is 5.32 Å². The molecule has 3 heteroatoms. The monoisotopic (exact) mass is 125 g/mol. The van der Waals surface area contributed by atoms with E-state index < -0.39 is 0 Å². The van der Waals surface area contributed by atoms with Crippen LogP contribution >= 0.6 is 0 Å². The van der Waals surface area contributed by atoms with Crippen molar-refractivity contribution in [2.45, 2.75) is 13.8 Å². The molecule has 1 heterocycles. The molecule has 0 aromatic carbocycles. The first-order valence-corrected chi connectivity index (χ1v) is 2.95. The van der Waals surface area contributed by atoms with E-state index in [-0.39, 0.29) is 6.03 Å². The first-order valence-electron chi connectivity index (χ1n) is 2.95. The Kier molecular flexibility index (Phi) is 1.42. The molecule has 0 saturated heterocycles. The van der Waals surface area contributed by atoms with Crippen molar-refractivity contribution in [1.29, 1.82) is 0 Å². The van der Waals surface area contributed by atoms with Crippen molar-refractivity contribution < 1.29 is 4.79 Å². The van der Waals surface area contributed by atoms with E-state index in [0.717, 1.165) is 5.70 Å². The lowest BCUT2D eigenvalue weighted by molar-refractivity contribution is 0.222. The van der Waals surface area contributed by atoms with Crippen LogP contribution in [0.25, 0.3) is 0 Å². The molecule has 0 unspecified atom stereocenters. The predicted molar refractivity (Wildman–Crippen MR) is 33.7 cm³/mol. The first kappa shape index (κ1) is 6.13. The van der Waals surface area contributed by atoms with E-state index >= 15 is 0 Å². The highest BCUT2D eigenvalue weighted by molar-refractivity contribution is 5.79. The maximum atomic E-state index is 10.7. The molecule has 1 aliphatic heterocycles. The highest BCUT2D eigenvalue weighted by Crippen LogP contribution is 2.08. The third-order valence-corrected chi connectivity index (χ3v) is 1.33. The number of hydrogen-bond acceptors (Lipinski definition) is 1. The van der Waals surface area contributed by atoms with Gasteiger partial charge in [0.1, 0.15) is 0 Å². The average molecular weight is 125 g/mol. The Hall–Kier alpha value is -0.990. The van der Waals surface area contributed by atoms with Crippen LogP contribution in [0.4, 0.5) is 4.79 Å². The van der Waals surface area contributed by atoms with E-state index in [0.29, 0.717) is 6.54 Å². The van der Waals surface area contributed by atoms with Crippen molar-refractivity contribution >= 4 is 6.03 Å². The average Bonchev–Trinajstić information content (AvgIpc) is 2.12. The van der Waals surface area contributed by atoms with Gasteiger partial charge in [0.25, 0.3) is 0 Å². The topological polar surface area (TPSA) is 34.4 Å². The normalized spacial score (nSPS) is 17.8. The maximum Gasteiger partial charge on any atom is 0.347 e. The molecule has 0 atom stereocenters.